The van der Waals surface area contributed by atoms with Gasteiger partial charge in [0.15, 0.2) is 11.6 Å². The molecule has 0 N–H and O–H groups in total. The zero-order valence-corrected chi connectivity index (χ0v) is 18.5. The van der Waals surface area contributed by atoms with Gasteiger partial charge in [0.2, 0.25) is 0 Å². The van der Waals surface area contributed by atoms with Gasteiger partial charge in [-0.3, -0.25) is 19.1 Å². The Morgan fingerprint density at radius 3 is 2.32 bits per heavy atom. The van der Waals surface area contributed by atoms with Crippen molar-refractivity contribution in [3.05, 3.63) is 81.0 Å². The first-order valence-electron chi connectivity index (χ1n) is 9.83. The van der Waals surface area contributed by atoms with E-state index in [0.717, 1.165) is 17.2 Å². The molecule has 1 aromatic carbocycles. The van der Waals surface area contributed by atoms with Gasteiger partial charge in [-0.05, 0) is 38.1 Å². The Kier molecular flexibility index (Phi) is 5.84. The molecule has 0 unspecified atom stereocenters. The summed E-state index contributed by atoms with van der Waals surface area (Å²) in [7, 11) is 0. The van der Waals surface area contributed by atoms with E-state index in [4.69, 9.17) is 11.6 Å². The second-order valence-electron chi connectivity index (χ2n) is 7.58. The number of hydrogen-bond donors (Lipinski definition) is 0. The first-order chi connectivity index (χ1) is 16.0. The van der Waals surface area contributed by atoms with Crippen molar-refractivity contribution in [1.29, 1.82) is 0 Å². The number of rotatable bonds is 3. The molecule has 0 bridgehead atoms. The summed E-state index contributed by atoms with van der Waals surface area (Å²) in [5, 5.41) is 0. The number of anilines is 3. The minimum Gasteiger partial charge on any atom is -0.320 e. The van der Waals surface area contributed by atoms with Crippen molar-refractivity contribution in [2.45, 2.75) is 26.0 Å². The van der Waals surface area contributed by atoms with Crippen LogP contribution in [0.4, 0.5) is 39.0 Å². The largest absolute Gasteiger partial charge is 0.433 e. The number of aromatic nitrogens is 2. The van der Waals surface area contributed by atoms with E-state index in [0.29, 0.717) is 11.8 Å². The van der Waals surface area contributed by atoms with Crippen LogP contribution < -0.4 is 15.4 Å². The van der Waals surface area contributed by atoms with Crippen molar-refractivity contribution >= 4 is 34.6 Å². The van der Waals surface area contributed by atoms with E-state index in [2.05, 4.69) is 4.98 Å². The Bertz CT molecular complexity index is 1370. The van der Waals surface area contributed by atoms with Gasteiger partial charge >= 0.3 is 6.18 Å². The SMILES string of the molecule is Cc1c(N2CN(c3ccc(=O)n(CCl)c3C)C(=O)c3cc(C(F)(F)F)ncc32)ccc(F)c1F. The molecule has 0 saturated heterocycles. The molecule has 3 aromatic rings. The fraction of sp³-hybridized carbons (Fsp3) is 0.227. The van der Waals surface area contributed by atoms with Gasteiger partial charge in [-0.1, -0.05) is 0 Å². The lowest BCUT2D eigenvalue weighted by Crippen LogP contribution is -2.46. The summed E-state index contributed by atoms with van der Waals surface area (Å²) in [5.41, 5.74) is -1.54. The van der Waals surface area contributed by atoms with Crippen LogP contribution in [-0.2, 0) is 12.2 Å². The fourth-order valence-electron chi connectivity index (χ4n) is 3.84. The van der Waals surface area contributed by atoms with Crippen molar-refractivity contribution in [2.75, 3.05) is 16.5 Å². The third kappa shape index (κ3) is 3.79. The molecule has 1 amide bonds. The summed E-state index contributed by atoms with van der Waals surface area (Å²) >= 11 is 5.85. The molecule has 0 atom stereocenters. The number of amides is 1. The van der Waals surface area contributed by atoms with Gasteiger partial charge in [0.05, 0.1) is 23.1 Å². The lowest BCUT2D eigenvalue weighted by molar-refractivity contribution is -0.141. The topological polar surface area (TPSA) is 58.4 Å². The summed E-state index contributed by atoms with van der Waals surface area (Å²) in [6.07, 6.45) is -3.94. The smallest absolute Gasteiger partial charge is 0.320 e. The number of carbonyl (C=O) groups excluding carboxylic acids is 1. The number of halogens is 6. The molecule has 1 aliphatic rings. The number of alkyl halides is 4. The third-order valence-electron chi connectivity index (χ3n) is 5.66. The van der Waals surface area contributed by atoms with E-state index in [1.54, 1.807) is 0 Å². The average molecular weight is 499 g/mol. The number of carbonyl (C=O) groups is 1. The van der Waals surface area contributed by atoms with Crippen LogP contribution in [0.1, 0.15) is 27.3 Å². The highest BCUT2D eigenvalue weighted by atomic mass is 35.5. The highest BCUT2D eigenvalue weighted by molar-refractivity contribution is 6.15. The van der Waals surface area contributed by atoms with Crippen molar-refractivity contribution in [1.82, 2.24) is 9.55 Å². The average Bonchev–Trinajstić information content (AvgIpc) is 2.78. The van der Waals surface area contributed by atoms with Crippen LogP contribution in [0.2, 0.25) is 0 Å². The van der Waals surface area contributed by atoms with Crippen LogP contribution in [0.5, 0.6) is 0 Å². The third-order valence-corrected chi connectivity index (χ3v) is 5.90. The van der Waals surface area contributed by atoms with Crippen LogP contribution in [0, 0.1) is 25.5 Å². The number of benzene rings is 1. The second-order valence-corrected chi connectivity index (χ2v) is 7.82. The quantitative estimate of drug-likeness (QED) is 0.372. The summed E-state index contributed by atoms with van der Waals surface area (Å²) < 4.78 is 69.3. The van der Waals surface area contributed by atoms with E-state index < -0.39 is 35.0 Å². The van der Waals surface area contributed by atoms with Crippen molar-refractivity contribution in [2.24, 2.45) is 0 Å². The molecule has 0 spiro atoms. The molecule has 2 aromatic heterocycles. The van der Waals surface area contributed by atoms with Gasteiger partial charge in [0.1, 0.15) is 18.4 Å². The molecule has 12 heteroatoms. The predicted octanol–water partition coefficient (Wildman–Crippen LogP) is 5.11. The second kappa shape index (κ2) is 8.39. The standard InChI is InChI=1S/C22H16ClF5N4O2/c1-11-15(4-3-14(24)20(11)25)31-10-32(16-5-6-19(33)30(9-23)12(16)2)21(34)13-7-18(22(26,27)28)29-8-17(13)31/h3-8H,9-10H2,1-2H3. The summed E-state index contributed by atoms with van der Waals surface area (Å²) in [5.74, 6) is -3.02. The maximum atomic E-state index is 14.3. The fourth-order valence-corrected chi connectivity index (χ4v) is 4.14. The number of pyridine rings is 2. The van der Waals surface area contributed by atoms with Gasteiger partial charge in [-0.15, -0.1) is 11.6 Å². The molecular formula is C22H16ClF5N4O2. The number of fused-ring (bicyclic) bond motifs is 1. The van der Waals surface area contributed by atoms with Gasteiger partial charge < -0.3 is 4.90 Å². The van der Waals surface area contributed by atoms with Crippen molar-refractivity contribution in [3.8, 4) is 0 Å². The lowest BCUT2D eigenvalue weighted by atomic mass is 10.0. The Morgan fingerprint density at radius 1 is 1.00 bits per heavy atom. The van der Waals surface area contributed by atoms with E-state index >= 15 is 0 Å². The molecule has 4 rings (SSSR count). The molecule has 34 heavy (non-hydrogen) atoms. The van der Waals surface area contributed by atoms with E-state index in [-0.39, 0.29) is 40.9 Å². The molecule has 1 aliphatic heterocycles. The highest BCUT2D eigenvalue weighted by Crippen LogP contribution is 2.40. The Labute approximate surface area is 194 Å². The minimum absolute atomic E-state index is 0.00771. The molecule has 178 valence electrons. The van der Waals surface area contributed by atoms with E-state index in [1.807, 2.05) is 0 Å². The molecule has 0 radical (unpaired) electrons. The van der Waals surface area contributed by atoms with Crippen molar-refractivity contribution in [3.63, 3.8) is 0 Å². The maximum absolute atomic E-state index is 14.3. The molecule has 3 heterocycles. The molecule has 0 fully saturated rings. The zero-order valence-electron chi connectivity index (χ0n) is 17.8. The first kappa shape index (κ1) is 23.7. The van der Waals surface area contributed by atoms with Gasteiger partial charge in [0.25, 0.3) is 11.5 Å². The Hall–Kier alpha value is -3.47. The lowest BCUT2D eigenvalue weighted by Gasteiger charge is -2.39. The van der Waals surface area contributed by atoms with Gasteiger partial charge in [-0.25, -0.2) is 13.8 Å². The van der Waals surface area contributed by atoms with Crippen LogP contribution in [0.25, 0.3) is 0 Å². The van der Waals surface area contributed by atoms with Crippen LogP contribution >= 0.6 is 11.6 Å². The summed E-state index contributed by atoms with van der Waals surface area (Å²) in [6.45, 7) is 2.57. The first-order valence-corrected chi connectivity index (χ1v) is 10.4. The van der Waals surface area contributed by atoms with Crippen LogP contribution in [0.15, 0.2) is 41.3 Å². The Balaban J connectivity index is 1.96. The molecule has 0 aliphatic carbocycles. The molecular weight excluding hydrogens is 483 g/mol. The van der Waals surface area contributed by atoms with Gasteiger partial charge in [0, 0.05) is 23.0 Å². The van der Waals surface area contributed by atoms with E-state index in [9.17, 15) is 31.5 Å². The number of hydrogen-bond acceptors (Lipinski definition) is 4. The van der Waals surface area contributed by atoms with Crippen LogP contribution in [0.3, 0.4) is 0 Å². The predicted molar refractivity (Wildman–Crippen MR) is 115 cm³/mol. The normalized spacial score (nSPS) is 13.9. The maximum Gasteiger partial charge on any atom is 0.433 e. The monoisotopic (exact) mass is 498 g/mol. The van der Waals surface area contributed by atoms with Crippen molar-refractivity contribution < 1.29 is 26.7 Å². The summed E-state index contributed by atoms with van der Waals surface area (Å²) in [6, 6.07) is 5.06. The number of nitrogens with zero attached hydrogens (tertiary/aromatic N) is 4. The Morgan fingerprint density at radius 2 is 1.68 bits per heavy atom. The highest BCUT2D eigenvalue weighted by Gasteiger charge is 2.38. The zero-order chi connectivity index (χ0) is 24.9. The molecule has 0 saturated carbocycles. The van der Waals surface area contributed by atoms with Crippen LogP contribution in [-0.4, -0.2) is 22.1 Å². The summed E-state index contributed by atoms with van der Waals surface area (Å²) in [4.78, 5) is 31.4. The van der Waals surface area contributed by atoms with Gasteiger partial charge in [-0.2, -0.15) is 13.2 Å². The molecule has 6 nitrogen and oxygen atoms in total. The minimum atomic E-state index is -4.82. The van der Waals surface area contributed by atoms with E-state index in [1.165, 1.54) is 41.5 Å².